The molecule has 3 N–H and O–H groups in total. The van der Waals surface area contributed by atoms with E-state index >= 15 is 0 Å². The molecule has 0 unspecified atom stereocenters. The van der Waals surface area contributed by atoms with Gasteiger partial charge in [0.15, 0.2) is 0 Å². The number of amides is 2. The van der Waals surface area contributed by atoms with Crippen LogP contribution in [0.25, 0.3) is 10.9 Å². The number of anilines is 3. The van der Waals surface area contributed by atoms with Crippen molar-refractivity contribution in [2.24, 2.45) is 5.92 Å². The maximum absolute atomic E-state index is 13.2. The van der Waals surface area contributed by atoms with Crippen molar-refractivity contribution in [2.45, 2.75) is 37.9 Å². The number of nitrogens with one attached hydrogen (secondary N) is 3. The molecule has 10 heteroatoms. The molecule has 6 nitrogen and oxygen atoms in total. The van der Waals surface area contributed by atoms with Gasteiger partial charge in [0, 0.05) is 43.8 Å². The molecule has 1 heterocycles. The van der Waals surface area contributed by atoms with Crippen molar-refractivity contribution >= 4 is 45.7 Å². The summed E-state index contributed by atoms with van der Waals surface area (Å²) in [6, 6.07) is 13.1. The lowest BCUT2D eigenvalue weighted by Gasteiger charge is -2.30. The van der Waals surface area contributed by atoms with E-state index in [0.717, 1.165) is 54.2 Å². The van der Waals surface area contributed by atoms with Crippen LogP contribution in [0.5, 0.6) is 0 Å². The third-order valence-corrected chi connectivity index (χ3v) is 6.80. The summed E-state index contributed by atoms with van der Waals surface area (Å²) in [5, 5.41) is 9.46. The number of aromatic nitrogens is 1. The Balaban J connectivity index is 1.30. The molecule has 1 aromatic heterocycles. The number of carbonyl (C=O) groups is 1. The Labute approximate surface area is 213 Å². The third kappa shape index (κ3) is 6.13. The number of hydrogen-bond acceptors (Lipinski definition) is 4. The minimum absolute atomic E-state index is 0.161. The Morgan fingerprint density at radius 3 is 2.50 bits per heavy atom. The molecule has 1 saturated carbocycles. The number of para-hydroxylation sites is 2. The molecule has 192 valence electrons. The van der Waals surface area contributed by atoms with Crippen LogP contribution in [-0.2, 0) is 6.18 Å². The fourth-order valence-electron chi connectivity index (χ4n) is 4.60. The Morgan fingerprint density at radius 1 is 1.08 bits per heavy atom. The molecule has 0 atom stereocenters. The van der Waals surface area contributed by atoms with Gasteiger partial charge in [0.05, 0.1) is 21.8 Å². The van der Waals surface area contributed by atoms with Gasteiger partial charge in [-0.2, -0.15) is 13.2 Å². The van der Waals surface area contributed by atoms with E-state index in [1.54, 1.807) is 0 Å². The number of rotatable bonds is 6. The smallest absolute Gasteiger partial charge is 0.377 e. The molecule has 0 radical (unpaired) electrons. The molecule has 0 aliphatic heterocycles. The summed E-state index contributed by atoms with van der Waals surface area (Å²) in [7, 11) is 4.02. The number of pyridine rings is 1. The van der Waals surface area contributed by atoms with Crippen molar-refractivity contribution in [2.75, 3.05) is 36.2 Å². The summed E-state index contributed by atoms with van der Waals surface area (Å²) in [6.07, 6.45) is -1.05. The van der Waals surface area contributed by atoms with Gasteiger partial charge in [-0.1, -0.05) is 35.9 Å². The van der Waals surface area contributed by atoms with Crippen molar-refractivity contribution in [3.63, 3.8) is 0 Å². The first-order valence-electron chi connectivity index (χ1n) is 11.9. The zero-order valence-electron chi connectivity index (χ0n) is 20.1. The van der Waals surface area contributed by atoms with Gasteiger partial charge >= 0.3 is 12.2 Å². The fraction of sp³-hybridized carbons (Fsp3) is 0.385. The predicted octanol–water partition coefficient (Wildman–Crippen LogP) is 6.77. The molecule has 1 fully saturated rings. The molecule has 1 aliphatic carbocycles. The topological polar surface area (TPSA) is 69.3 Å². The number of benzene rings is 2. The Bertz CT molecular complexity index is 1230. The molecule has 0 bridgehead atoms. The monoisotopic (exact) mass is 519 g/mol. The minimum atomic E-state index is -4.62. The summed E-state index contributed by atoms with van der Waals surface area (Å²) in [6.45, 7) is 0.378. The highest BCUT2D eigenvalue weighted by atomic mass is 35.5. The average molecular weight is 520 g/mol. The number of urea groups is 1. The third-order valence-electron chi connectivity index (χ3n) is 6.48. The maximum atomic E-state index is 13.2. The van der Waals surface area contributed by atoms with Crippen molar-refractivity contribution in [3.8, 4) is 0 Å². The highest BCUT2D eigenvalue weighted by molar-refractivity contribution is 6.33. The molecule has 3 aromatic rings. The van der Waals surface area contributed by atoms with E-state index in [1.807, 2.05) is 32.3 Å². The molecular weight excluding hydrogens is 491 g/mol. The van der Waals surface area contributed by atoms with Gasteiger partial charge < -0.3 is 20.9 Å². The highest BCUT2D eigenvalue weighted by Gasteiger charge is 2.35. The van der Waals surface area contributed by atoms with E-state index in [1.165, 1.54) is 12.1 Å². The van der Waals surface area contributed by atoms with Gasteiger partial charge in [-0.05, 0) is 49.8 Å². The Hall–Kier alpha value is -3.20. The summed E-state index contributed by atoms with van der Waals surface area (Å²) < 4.78 is 39.7. The zero-order chi connectivity index (χ0) is 25.9. The number of nitrogens with zero attached hydrogens (tertiary/aromatic N) is 2. The van der Waals surface area contributed by atoms with Crippen molar-refractivity contribution in [1.82, 2.24) is 10.3 Å². The first kappa shape index (κ1) is 25.9. The molecule has 2 aromatic carbocycles. The lowest BCUT2D eigenvalue weighted by Crippen LogP contribution is -2.36. The van der Waals surface area contributed by atoms with Crippen LogP contribution in [0.15, 0.2) is 48.5 Å². The lowest BCUT2D eigenvalue weighted by atomic mass is 9.86. The van der Waals surface area contributed by atoms with Crippen LogP contribution in [0.2, 0.25) is 5.02 Å². The normalized spacial score (nSPS) is 18.1. The van der Waals surface area contributed by atoms with Crippen LogP contribution in [0.3, 0.4) is 0 Å². The van der Waals surface area contributed by atoms with E-state index in [9.17, 15) is 18.0 Å². The standard InChI is InChI=1S/C26H29ClF3N5O/c1-35(2)22-14-23(33-21-9-4-3-6-18(21)22)32-17-12-10-16(11-13-17)15-31-25(36)34-24-19(26(28,29)30)7-5-8-20(24)27/h3-9,14,16-17H,10-13,15H2,1-2H3,(H,32,33)(H2,31,34,36). The van der Waals surface area contributed by atoms with E-state index in [4.69, 9.17) is 16.6 Å². The van der Waals surface area contributed by atoms with E-state index in [-0.39, 0.29) is 17.0 Å². The second-order valence-electron chi connectivity index (χ2n) is 9.30. The first-order chi connectivity index (χ1) is 17.1. The van der Waals surface area contributed by atoms with Gasteiger partial charge in [-0.25, -0.2) is 9.78 Å². The number of fused-ring (bicyclic) bond motifs is 1. The van der Waals surface area contributed by atoms with Gasteiger partial charge in [-0.15, -0.1) is 0 Å². The first-order valence-corrected chi connectivity index (χ1v) is 12.2. The van der Waals surface area contributed by atoms with Crippen LogP contribution in [0, 0.1) is 5.92 Å². The van der Waals surface area contributed by atoms with Gasteiger partial charge in [-0.3, -0.25) is 0 Å². The average Bonchev–Trinajstić information content (AvgIpc) is 2.83. The minimum Gasteiger partial charge on any atom is -0.377 e. The van der Waals surface area contributed by atoms with Crippen LogP contribution >= 0.6 is 11.6 Å². The van der Waals surface area contributed by atoms with Gasteiger partial charge in [0.2, 0.25) is 0 Å². The summed E-state index contributed by atoms with van der Waals surface area (Å²) in [5.74, 6) is 1.07. The van der Waals surface area contributed by atoms with Crippen LogP contribution in [0.1, 0.15) is 31.2 Å². The van der Waals surface area contributed by atoms with Crippen molar-refractivity contribution < 1.29 is 18.0 Å². The number of hydrogen-bond donors (Lipinski definition) is 3. The molecular formula is C26H29ClF3N5O. The Morgan fingerprint density at radius 2 is 1.81 bits per heavy atom. The van der Waals surface area contributed by atoms with Crippen molar-refractivity contribution in [1.29, 1.82) is 0 Å². The number of alkyl halides is 3. The Kier molecular flexibility index (Phi) is 7.78. The molecule has 0 saturated heterocycles. The van der Waals surface area contributed by atoms with Gasteiger partial charge in [0.25, 0.3) is 0 Å². The van der Waals surface area contributed by atoms with E-state index < -0.39 is 23.5 Å². The maximum Gasteiger partial charge on any atom is 0.418 e. The predicted molar refractivity (Wildman–Crippen MR) is 139 cm³/mol. The number of halogens is 4. The molecule has 36 heavy (non-hydrogen) atoms. The van der Waals surface area contributed by atoms with Crippen LogP contribution < -0.4 is 20.9 Å². The summed E-state index contributed by atoms with van der Waals surface area (Å²) in [5.41, 5.74) is 0.620. The van der Waals surface area contributed by atoms with Crippen LogP contribution in [0.4, 0.5) is 35.2 Å². The largest absolute Gasteiger partial charge is 0.418 e. The highest BCUT2D eigenvalue weighted by Crippen LogP contribution is 2.38. The quantitative estimate of drug-likeness (QED) is 0.336. The van der Waals surface area contributed by atoms with E-state index in [0.29, 0.717) is 6.54 Å². The van der Waals surface area contributed by atoms with E-state index in [2.05, 4.69) is 33.0 Å². The number of carbonyl (C=O) groups excluding carboxylic acids is 1. The second kappa shape index (κ2) is 10.8. The molecule has 0 spiro atoms. The molecule has 1 aliphatic rings. The fourth-order valence-corrected chi connectivity index (χ4v) is 4.82. The lowest BCUT2D eigenvalue weighted by molar-refractivity contribution is -0.136. The summed E-state index contributed by atoms with van der Waals surface area (Å²) >= 11 is 5.91. The SMILES string of the molecule is CN(C)c1cc(NC2CCC(CNC(=O)Nc3c(Cl)cccc3C(F)(F)F)CC2)nc2ccccc12. The molecule has 4 rings (SSSR count). The van der Waals surface area contributed by atoms with Gasteiger partial charge in [0.1, 0.15) is 5.82 Å². The zero-order valence-corrected chi connectivity index (χ0v) is 20.9. The summed E-state index contributed by atoms with van der Waals surface area (Å²) in [4.78, 5) is 19.2. The van der Waals surface area contributed by atoms with Crippen molar-refractivity contribution in [3.05, 3.63) is 59.1 Å². The second-order valence-corrected chi connectivity index (χ2v) is 9.70. The molecule has 2 amide bonds. The van der Waals surface area contributed by atoms with Crippen LogP contribution in [-0.4, -0.2) is 37.7 Å².